The van der Waals surface area contributed by atoms with Gasteiger partial charge in [0.25, 0.3) is 0 Å². The Morgan fingerprint density at radius 2 is 2.10 bits per heavy atom. The zero-order chi connectivity index (χ0) is 13.9. The number of fused-ring (bicyclic) bond motifs is 1. The lowest BCUT2D eigenvalue weighted by atomic mass is 9.88. The zero-order valence-electron chi connectivity index (χ0n) is 11.7. The number of para-hydroxylation sites is 1. The van der Waals surface area contributed by atoms with E-state index in [2.05, 4.69) is 29.6 Å². The summed E-state index contributed by atoms with van der Waals surface area (Å²) in [6.07, 6.45) is 2.07. The average Bonchev–Trinajstić information content (AvgIpc) is 2.49. The Balaban J connectivity index is 1.76. The monoisotopic (exact) mass is 268 g/mol. The van der Waals surface area contributed by atoms with Crippen molar-refractivity contribution in [2.24, 2.45) is 5.92 Å². The molecule has 2 aromatic carbocycles. The fraction of sp³-hybridized carbons (Fsp3) is 0.294. The molecule has 0 saturated heterocycles. The molecule has 0 amide bonds. The molecular formula is C17H20N2O. The molecule has 3 N–H and O–H groups in total. The minimum Gasteiger partial charge on any atom is -0.497 e. The van der Waals surface area contributed by atoms with E-state index in [9.17, 15) is 0 Å². The SMILES string of the molecule is COc1ccc2c(c1)CC(Cc1ccccc1N)CN2. The highest BCUT2D eigenvalue weighted by Crippen LogP contribution is 2.30. The van der Waals surface area contributed by atoms with Crippen molar-refractivity contribution in [3.63, 3.8) is 0 Å². The maximum Gasteiger partial charge on any atom is 0.119 e. The molecule has 0 saturated carbocycles. The molecule has 3 rings (SSSR count). The summed E-state index contributed by atoms with van der Waals surface area (Å²) in [6, 6.07) is 14.4. The Morgan fingerprint density at radius 3 is 2.90 bits per heavy atom. The number of rotatable bonds is 3. The minimum absolute atomic E-state index is 0.569. The van der Waals surface area contributed by atoms with Crippen LogP contribution in [0.15, 0.2) is 42.5 Å². The Kier molecular flexibility index (Phi) is 3.50. The highest BCUT2D eigenvalue weighted by atomic mass is 16.5. The molecule has 1 heterocycles. The molecule has 1 aliphatic heterocycles. The predicted octanol–water partition coefficient (Wildman–Crippen LogP) is 3.10. The summed E-state index contributed by atoms with van der Waals surface area (Å²) in [4.78, 5) is 0. The van der Waals surface area contributed by atoms with Gasteiger partial charge in [0.05, 0.1) is 7.11 Å². The Morgan fingerprint density at radius 1 is 1.25 bits per heavy atom. The van der Waals surface area contributed by atoms with Gasteiger partial charge in [0, 0.05) is 17.9 Å². The molecule has 1 unspecified atom stereocenters. The molecule has 0 radical (unpaired) electrons. The first-order chi connectivity index (χ1) is 9.76. The van der Waals surface area contributed by atoms with Gasteiger partial charge in [-0.3, -0.25) is 0 Å². The highest BCUT2D eigenvalue weighted by Gasteiger charge is 2.19. The summed E-state index contributed by atoms with van der Waals surface area (Å²) in [5, 5.41) is 3.51. The Bertz CT molecular complexity index is 610. The van der Waals surface area contributed by atoms with Crippen LogP contribution in [0.3, 0.4) is 0 Å². The van der Waals surface area contributed by atoms with Crippen molar-refractivity contribution in [1.29, 1.82) is 0 Å². The lowest BCUT2D eigenvalue weighted by molar-refractivity contribution is 0.413. The number of anilines is 2. The number of nitrogens with two attached hydrogens (primary N) is 1. The van der Waals surface area contributed by atoms with Crippen molar-refractivity contribution in [2.45, 2.75) is 12.8 Å². The van der Waals surface area contributed by atoms with Crippen LogP contribution in [-0.4, -0.2) is 13.7 Å². The van der Waals surface area contributed by atoms with Crippen LogP contribution in [0.2, 0.25) is 0 Å². The largest absolute Gasteiger partial charge is 0.497 e. The van der Waals surface area contributed by atoms with Crippen LogP contribution in [0.1, 0.15) is 11.1 Å². The predicted molar refractivity (Wildman–Crippen MR) is 83.2 cm³/mol. The van der Waals surface area contributed by atoms with Crippen molar-refractivity contribution in [2.75, 3.05) is 24.7 Å². The van der Waals surface area contributed by atoms with E-state index < -0.39 is 0 Å². The topological polar surface area (TPSA) is 47.3 Å². The second-order valence-electron chi connectivity index (χ2n) is 5.38. The number of ether oxygens (including phenoxy) is 1. The number of benzene rings is 2. The van der Waals surface area contributed by atoms with E-state index >= 15 is 0 Å². The van der Waals surface area contributed by atoms with Gasteiger partial charge in [0.15, 0.2) is 0 Å². The fourth-order valence-electron chi connectivity index (χ4n) is 2.85. The number of nitrogens with one attached hydrogen (secondary N) is 1. The first-order valence-electron chi connectivity index (χ1n) is 7.00. The molecule has 1 aliphatic rings. The van der Waals surface area contributed by atoms with Gasteiger partial charge in [-0.25, -0.2) is 0 Å². The van der Waals surface area contributed by atoms with Gasteiger partial charge in [0.2, 0.25) is 0 Å². The van der Waals surface area contributed by atoms with Crippen LogP contribution >= 0.6 is 0 Å². The third-order valence-electron chi connectivity index (χ3n) is 3.97. The molecule has 1 atom stereocenters. The summed E-state index contributed by atoms with van der Waals surface area (Å²) in [7, 11) is 1.71. The molecule has 20 heavy (non-hydrogen) atoms. The van der Waals surface area contributed by atoms with Crippen LogP contribution in [0.4, 0.5) is 11.4 Å². The number of hydrogen-bond acceptors (Lipinski definition) is 3. The summed E-state index contributed by atoms with van der Waals surface area (Å²) in [5.41, 5.74) is 10.7. The van der Waals surface area contributed by atoms with E-state index in [1.807, 2.05) is 18.2 Å². The third-order valence-corrected chi connectivity index (χ3v) is 3.97. The summed E-state index contributed by atoms with van der Waals surface area (Å²) in [5.74, 6) is 1.49. The van der Waals surface area contributed by atoms with Gasteiger partial charge < -0.3 is 15.8 Å². The van der Waals surface area contributed by atoms with Crippen molar-refractivity contribution in [3.8, 4) is 5.75 Å². The molecule has 3 nitrogen and oxygen atoms in total. The fourth-order valence-corrected chi connectivity index (χ4v) is 2.85. The maximum absolute atomic E-state index is 6.04. The zero-order valence-corrected chi connectivity index (χ0v) is 11.7. The molecule has 0 fully saturated rings. The number of hydrogen-bond donors (Lipinski definition) is 2. The maximum atomic E-state index is 6.04. The van der Waals surface area contributed by atoms with Crippen LogP contribution in [0.25, 0.3) is 0 Å². The highest BCUT2D eigenvalue weighted by molar-refractivity contribution is 5.56. The molecule has 104 valence electrons. The van der Waals surface area contributed by atoms with E-state index in [4.69, 9.17) is 10.5 Å². The minimum atomic E-state index is 0.569. The first kappa shape index (κ1) is 12.9. The van der Waals surface area contributed by atoms with E-state index in [0.29, 0.717) is 5.92 Å². The lowest BCUT2D eigenvalue weighted by Crippen LogP contribution is -2.25. The van der Waals surface area contributed by atoms with Crippen molar-refractivity contribution >= 4 is 11.4 Å². The summed E-state index contributed by atoms with van der Waals surface area (Å²) >= 11 is 0. The lowest BCUT2D eigenvalue weighted by Gasteiger charge is -2.27. The van der Waals surface area contributed by atoms with Gasteiger partial charge in [0.1, 0.15) is 5.75 Å². The van der Waals surface area contributed by atoms with E-state index in [0.717, 1.165) is 30.8 Å². The quantitative estimate of drug-likeness (QED) is 0.841. The van der Waals surface area contributed by atoms with Crippen molar-refractivity contribution in [1.82, 2.24) is 0 Å². The van der Waals surface area contributed by atoms with Gasteiger partial charge in [-0.2, -0.15) is 0 Å². The molecule has 3 heteroatoms. The molecule has 0 bridgehead atoms. The summed E-state index contributed by atoms with van der Waals surface area (Å²) in [6.45, 7) is 0.994. The Hall–Kier alpha value is -2.16. The van der Waals surface area contributed by atoms with Crippen LogP contribution in [0.5, 0.6) is 5.75 Å². The smallest absolute Gasteiger partial charge is 0.119 e. The van der Waals surface area contributed by atoms with Gasteiger partial charge in [-0.1, -0.05) is 18.2 Å². The van der Waals surface area contributed by atoms with Gasteiger partial charge in [-0.05, 0) is 54.2 Å². The molecule has 2 aromatic rings. The second-order valence-corrected chi connectivity index (χ2v) is 5.38. The van der Waals surface area contributed by atoms with Crippen LogP contribution in [-0.2, 0) is 12.8 Å². The van der Waals surface area contributed by atoms with Gasteiger partial charge in [-0.15, -0.1) is 0 Å². The molecule has 0 aliphatic carbocycles. The van der Waals surface area contributed by atoms with Crippen molar-refractivity contribution < 1.29 is 4.74 Å². The number of nitrogen functional groups attached to an aromatic ring is 1. The average molecular weight is 268 g/mol. The molecule has 0 aromatic heterocycles. The standard InChI is InChI=1S/C17H20N2O/c1-20-15-6-7-17-14(10-15)9-12(11-19-17)8-13-4-2-3-5-16(13)18/h2-7,10,12,19H,8-9,11,18H2,1H3. The third kappa shape index (κ3) is 2.57. The normalized spacial score (nSPS) is 17.1. The Labute approximate surface area is 119 Å². The van der Waals surface area contributed by atoms with E-state index in [1.165, 1.54) is 16.8 Å². The molecular weight excluding hydrogens is 248 g/mol. The van der Waals surface area contributed by atoms with Crippen LogP contribution < -0.4 is 15.8 Å². The summed E-state index contributed by atoms with van der Waals surface area (Å²) < 4.78 is 5.31. The van der Waals surface area contributed by atoms with E-state index in [-0.39, 0.29) is 0 Å². The second kappa shape index (κ2) is 5.45. The van der Waals surface area contributed by atoms with Gasteiger partial charge >= 0.3 is 0 Å². The van der Waals surface area contributed by atoms with Crippen LogP contribution in [0, 0.1) is 5.92 Å². The molecule has 0 spiro atoms. The van der Waals surface area contributed by atoms with E-state index in [1.54, 1.807) is 7.11 Å². The first-order valence-corrected chi connectivity index (χ1v) is 7.00. The van der Waals surface area contributed by atoms with Crippen molar-refractivity contribution in [3.05, 3.63) is 53.6 Å². The number of methoxy groups -OCH3 is 1.